The number of Topliss-reactive ketones (excluding diaryl/α,β-unsaturated/α-hetero) is 1. The number of nitrogens with zero attached hydrogens (tertiary/aromatic N) is 2. The highest BCUT2D eigenvalue weighted by molar-refractivity contribution is 6.15. The van der Waals surface area contributed by atoms with E-state index < -0.39 is 59.0 Å². The van der Waals surface area contributed by atoms with E-state index >= 15 is 0 Å². The Bertz CT molecular complexity index is 1080. The third-order valence-corrected chi connectivity index (χ3v) is 6.82. The van der Waals surface area contributed by atoms with Crippen molar-refractivity contribution < 1.29 is 38.7 Å². The van der Waals surface area contributed by atoms with E-state index in [4.69, 9.17) is 4.84 Å². The summed E-state index contributed by atoms with van der Waals surface area (Å²) in [6.07, 6.45) is 0.709. The first-order chi connectivity index (χ1) is 17.5. The number of hydrogen-bond acceptors (Lipinski definition) is 7. The Hall–Kier alpha value is -3.80. The second kappa shape index (κ2) is 11.5. The minimum Gasteiger partial charge on any atom is -0.480 e. The Kier molecular flexibility index (Phi) is 8.64. The maximum absolute atomic E-state index is 13.2. The van der Waals surface area contributed by atoms with Gasteiger partial charge in [0, 0.05) is 25.8 Å². The van der Waals surface area contributed by atoms with Crippen LogP contribution in [0.15, 0.2) is 30.3 Å². The summed E-state index contributed by atoms with van der Waals surface area (Å²) in [4.78, 5) is 82.1. The lowest BCUT2D eigenvalue weighted by Gasteiger charge is -2.40. The molecule has 0 unspecified atom stereocenters. The number of benzene rings is 1. The van der Waals surface area contributed by atoms with Gasteiger partial charge in [-0.2, -0.15) is 5.06 Å². The SMILES string of the molecule is CON1C(=O)CCC(=O)[C@]1(C)C(=O)N[C@@H](C)C(=O)N1CCC[C@H]1C(=O)N[C@@H](Cc1ccccc1)C(=O)O. The molecular weight excluding hydrogens is 484 g/mol. The number of rotatable bonds is 9. The molecule has 2 heterocycles. The number of likely N-dealkylation sites (tertiary alicyclic amines) is 1. The van der Waals surface area contributed by atoms with E-state index in [1.54, 1.807) is 30.3 Å². The average Bonchev–Trinajstić information content (AvgIpc) is 3.36. The van der Waals surface area contributed by atoms with Crippen LogP contribution in [0.4, 0.5) is 0 Å². The first-order valence-corrected chi connectivity index (χ1v) is 12.1. The van der Waals surface area contributed by atoms with Crippen LogP contribution < -0.4 is 10.6 Å². The quantitative estimate of drug-likeness (QED) is 0.380. The van der Waals surface area contributed by atoms with Crippen molar-refractivity contribution in [1.82, 2.24) is 20.6 Å². The lowest BCUT2D eigenvalue weighted by atomic mass is 9.87. The van der Waals surface area contributed by atoms with Crippen molar-refractivity contribution >= 4 is 35.4 Å². The van der Waals surface area contributed by atoms with E-state index in [1.165, 1.54) is 25.9 Å². The highest BCUT2D eigenvalue weighted by Crippen LogP contribution is 2.27. The van der Waals surface area contributed by atoms with Crippen molar-refractivity contribution in [1.29, 1.82) is 0 Å². The zero-order valence-electron chi connectivity index (χ0n) is 21.1. The minimum atomic E-state index is -1.94. The molecule has 2 aliphatic rings. The third kappa shape index (κ3) is 5.79. The second-order valence-electron chi connectivity index (χ2n) is 9.34. The standard InChI is InChI=1S/C25H32N4O8/c1-15(26-24(36)25(2)19(30)11-12-20(31)29(25)37-3)22(33)28-13-7-10-18(28)21(32)27-17(23(34)35)14-16-8-5-4-6-9-16/h4-6,8-9,15,17-18H,7,10-14H2,1-3H3,(H,26,36)(H,27,32)(H,34,35)/t15-,17-,18-,25+/m0/s1. The molecule has 2 fully saturated rings. The van der Waals surface area contributed by atoms with Gasteiger partial charge in [0.05, 0.1) is 7.11 Å². The molecule has 2 aliphatic heterocycles. The molecule has 0 aliphatic carbocycles. The van der Waals surface area contributed by atoms with E-state index in [1.807, 2.05) is 0 Å². The molecule has 1 aromatic rings. The lowest BCUT2D eigenvalue weighted by Crippen LogP contribution is -2.67. The molecule has 0 aromatic heterocycles. The van der Waals surface area contributed by atoms with Gasteiger partial charge in [-0.3, -0.25) is 28.8 Å². The summed E-state index contributed by atoms with van der Waals surface area (Å²) in [6, 6.07) is 5.64. The maximum atomic E-state index is 13.2. The molecule has 3 rings (SSSR count). The Morgan fingerprint density at radius 2 is 1.81 bits per heavy atom. The van der Waals surface area contributed by atoms with Crippen LogP contribution >= 0.6 is 0 Å². The minimum absolute atomic E-state index is 0.0797. The van der Waals surface area contributed by atoms with Crippen LogP contribution in [0, 0.1) is 0 Å². The van der Waals surface area contributed by atoms with E-state index in [9.17, 15) is 33.9 Å². The molecule has 12 nitrogen and oxygen atoms in total. The number of carboxylic acid groups (broad SMARTS) is 1. The summed E-state index contributed by atoms with van der Waals surface area (Å²) < 4.78 is 0. The van der Waals surface area contributed by atoms with E-state index in [0.29, 0.717) is 12.8 Å². The molecule has 0 radical (unpaired) electrons. The van der Waals surface area contributed by atoms with Gasteiger partial charge in [0.1, 0.15) is 18.1 Å². The summed E-state index contributed by atoms with van der Waals surface area (Å²) in [5.74, 6) is -4.29. The molecule has 37 heavy (non-hydrogen) atoms. The Morgan fingerprint density at radius 3 is 2.43 bits per heavy atom. The number of hydroxylamine groups is 2. The van der Waals surface area contributed by atoms with Crippen molar-refractivity contribution in [3.63, 3.8) is 0 Å². The highest BCUT2D eigenvalue weighted by atomic mass is 16.7. The van der Waals surface area contributed by atoms with Crippen LogP contribution in [0.3, 0.4) is 0 Å². The number of ketones is 1. The predicted octanol–water partition coefficient (Wildman–Crippen LogP) is -0.194. The van der Waals surface area contributed by atoms with Gasteiger partial charge < -0.3 is 20.6 Å². The van der Waals surface area contributed by atoms with Gasteiger partial charge in [0.15, 0.2) is 5.78 Å². The van der Waals surface area contributed by atoms with Gasteiger partial charge in [-0.1, -0.05) is 30.3 Å². The van der Waals surface area contributed by atoms with Crippen LogP contribution in [-0.4, -0.2) is 87.8 Å². The molecule has 1 aromatic carbocycles. The second-order valence-corrected chi connectivity index (χ2v) is 9.34. The molecule has 0 saturated carbocycles. The summed E-state index contributed by atoms with van der Waals surface area (Å²) in [6.45, 7) is 2.92. The normalized spacial score (nSPS) is 23.4. The molecule has 200 valence electrons. The van der Waals surface area contributed by atoms with Crippen LogP contribution in [0.1, 0.15) is 45.1 Å². The zero-order valence-corrected chi connectivity index (χ0v) is 21.1. The molecule has 4 amide bonds. The number of nitrogens with one attached hydrogen (secondary N) is 2. The number of piperidine rings is 1. The first kappa shape index (κ1) is 27.8. The molecule has 3 N–H and O–H groups in total. The third-order valence-electron chi connectivity index (χ3n) is 6.82. The first-order valence-electron chi connectivity index (χ1n) is 12.1. The van der Waals surface area contributed by atoms with Crippen LogP contribution in [-0.2, 0) is 40.0 Å². The van der Waals surface area contributed by atoms with Gasteiger partial charge in [-0.25, -0.2) is 4.79 Å². The maximum Gasteiger partial charge on any atom is 0.326 e. The van der Waals surface area contributed by atoms with Crippen molar-refractivity contribution in [2.45, 2.75) is 69.6 Å². The Labute approximate surface area is 214 Å². The molecule has 4 atom stereocenters. The van der Waals surface area contributed by atoms with E-state index in [-0.39, 0.29) is 25.8 Å². The van der Waals surface area contributed by atoms with E-state index in [0.717, 1.165) is 10.6 Å². The predicted molar refractivity (Wildman–Crippen MR) is 129 cm³/mol. The van der Waals surface area contributed by atoms with Gasteiger partial charge >= 0.3 is 5.97 Å². The van der Waals surface area contributed by atoms with Crippen molar-refractivity contribution in [2.24, 2.45) is 0 Å². The smallest absolute Gasteiger partial charge is 0.326 e. The van der Waals surface area contributed by atoms with Crippen molar-refractivity contribution in [2.75, 3.05) is 13.7 Å². The molecular formula is C25H32N4O8. The number of hydrogen-bond donors (Lipinski definition) is 3. The van der Waals surface area contributed by atoms with Crippen molar-refractivity contribution in [3.8, 4) is 0 Å². The van der Waals surface area contributed by atoms with Gasteiger partial charge in [0.2, 0.25) is 23.3 Å². The average molecular weight is 517 g/mol. The van der Waals surface area contributed by atoms with Gasteiger partial charge in [-0.15, -0.1) is 0 Å². The highest BCUT2D eigenvalue weighted by Gasteiger charge is 2.53. The van der Waals surface area contributed by atoms with Crippen LogP contribution in [0.2, 0.25) is 0 Å². The molecule has 0 bridgehead atoms. The molecule has 0 spiro atoms. The fraction of sp³-hybridized carbons (Fsp3) is 0.520. The number of carbonyl (C=O) groups is 6. The summed E-state index contributed by atoms with van der Waals surface area (Å²) in [5.41, 5.74) is -1.20. The number of aliphatic carboxylic acids is 1. The summed E-state index contributed by atoms with van der Waals surface area (Å²) in [7, 11) is 1.17. The Balaban J connectivity index is 1.68. The van der Waals surface area contributed by atoms with Crippen LogP contribution in [0.25, 0.3) is 0 Å². The lowest BCUT2D eigenvalue weighted by molar-refractivity contribution is -0.213. The fourth-order valence-corrected chi connectivity index (χ4v) is 4.70. The number of carboxylic acids is 1. The van der Waals surface area contributed by atoms with Gasteiger partial charge in [0.25, 0.3) is 5.91 Å². The van der Waals surface area contributed by atoms with Gasteiger partial charge in [-0.05, 0) is 32.3 Å². The summed E-state index contributed by atoms with van der Waals surface area (Å²) >= 11 is 0. The Morgan fingerprint density at radius 1 is 1.14 bits per heavy atom. The van der Waals surface area contributed by atoms with Crippen molar-refractivity contribution in [3.05, 3.63) is 35.9 Å². The molecule has 12 heteroatoms. The number of amides is 4. The monoisotopic (exact) mass is 516 g/mol. The molecule has 2 saturated heterocycles. The zero-order chi connectivity index (χ0) is 27.3. The topological polar surface area (TPSA) is 162 Å². The largest absolute Gasteiger partial charge is 0.480 e. The van der Waals surface area contributed by atoms with Crippen LogP contribution in [0.5, 0.6) is 0 Å². The summed E-state index contributed by atoms with van der Waals surface area (Å²) in [5, 5.41) is 15.3. The van der Waals surface area contributed by atoms with E-state index in [2.05, 4.69) is 10.6 Å². The number of carbonyl (C=O) groups excluding carboxylic acids is 5. The fourth-order valence-electron chi connectivity index (χ4n) is 4.70.